The van der Waals surface area contributed by atoms with Crippen LogP contribution in [0.15, 0.2) is 24.3 Å². The fourth-order valence-corrected chi connectivity index (χ4v) is 7.63. The molecule has 0 saturated carbocycles. The van der Waals surface area contributed by atoms with E-state index < -0.39 is 0 Å². The van der Waals surface area contributed by atoms with E-state index in [-0.39, 0.29) is 29.6 Å². The third-order valence-electron chi connectivity index (χ3n) is 9.67. The summed E-state index contributed by atoms with van der Waals surface area (Å²) in [4.78, 5) is 30.3. The number of aryl methyl sites for hydroxylation is 1. The molecule has 11 heteroatoms. The van der Waals surface area contributed by atoms with Gasteiger partial charge in [-0.05, 0) is 81.1 Å². The van der Waals surface area contributed by atoms with Gasteiger partial charge < -0.3 is 19.6 Å². The van der Waals surface area contributed by atoms with E-state index in [1.807, 2.05) is 6.92 Å². The van der Waals surface area contributed by atoms with Gasteiger partial charge in [0.2, 0.25) is 0 Å². The molecule has 246 valence electrons. The van der Waals surface area contributed by atoms with Gasteiger partial charge in [-0.2, -0.15) is 15.2 Å². The van der Waals surface area contributed by atoms with E-state index in [0.29, 0.717) is 65.3 Å². The minimum Gasteiger partial charge on any atom is -0.508 e. The molecular weight excluding hydrogens is 590 g/mol. The lowest BCUT2D eigenvalue weighted by atomic mass is 9.95. The normalized spacial score (nSPS) is 18.6. The van der Waals surface area contributed by atoms with Crippen molar-refractivity contribution in [1.29, 1.82) is 5.26 Å². The average Bonchev–Trinajstić information content (AvgIpc) is 3.66. The van der Waals surface area contributed by atoms with Crippen LogP contribution >= 0.6 is 0 Å². The summed E-state index contributed by atoms with van der Waals surface area (Å²) in [5.74, 6) is 0.132. The topological polar surface area (TPSA) is 106 Å². The van der Waals surface area contributed by atoms with Crippen molar-refractivity contribution < 1.29 is 23.4 Å². The quantitative estimate of drug-likeness (QED) is 0.319. The highest BCUT2D eigenvalue weighted by Crippen LogP contribution is 2.42. The zero-order valence-electron chi connectivity index (χ0n) is 27.1. The Morgan fingerprint density at radius 2 is 1.70 bits per heavy atom. The Balaban J connectivity index is 0.000000789. The lowest BCUT2D eigenvalue weighted by molar-refractivity contribution is 0.0996. The average molecular weight is 635 g/mol. The molecule has 3 fully saturated rings. The van der Waals surface area contributed by atoms with E-state index in [1.54, 1.807) is 29.2 Å². The number of amides is 1. The van der Waals surface area contributed by atoms with Crippen LogP contribution in [-0.2, 0) is 13.0 Å². The van der Waals surface area contributed by atoms with Gasteiger partial charge in [-0.1, -0.05) is 25.8 Å². The molecule has 5 heterocycles. The molecule has 3 aromatic rings. The van der Waals surface area contributed by atoms with Crippen LogP contribution in [0.25, 0.3) is 10.8 Å². The number of hydrogen-bond donors (Lipinski definition) is 1. The van der Waals surface area contributed by atoms with Crippen molar-refractivity contribution >= 4 is 28.2 Å². The van der Waals surface area contributed by atoms with E-state index in [1.165, 1.54) is 25.8 Å². The summed E-state index contributed by atoms with van der Waals surface area (Å²) in [6, 6.07) is 8.34. The van der Waals surface area contributed by atoms with E-state index in [9.17, 15) is 18.7 Å². The van der Waals surface area contributed by atoms with Gasteiger partial charge in [0.15, 0.2) is 0 Å². The first kappa shape index (κ1) is 33.3. The molecule has 2 aromatic carbocycles. The van der Waals surface area contributed by atoms with Crippen LogP contribution in [0.3, 0.4) is 0 Å². The monoisotopic (exact) mass is 634 g/mol. The van der Waals surface area contributed by atoms with Crippen molar-refractivity contribution in [3.63, 3.8) is 0 Å². The number of hydrogen-bond acceptors (Lipinski definition) is 8. The van der Waals surface area contributed by atoms with Crippen LogP contribution in [0.2, 0.25) is 0 Å². The van der Waals surface area contributed by atoms with Gasteiger partial charge in [-0.25, -0.2) is 4.39 Å². The first-order valence-electron chi connectivity index (χ1n) is 16.4. The molecule has 0 unspecified atom stereocenters. The largest absolute Gasteiger partial charge is 0.508 e. The van der Waals surface area contributed by atoms with Crippen LogP contribution in [0.5, 0.6) is 11.8 Å². The Kier molecular flexibility index (Phi) is 10.6. The summed E-state index contributed by atoms with van der Waals surface area (Å²) in [7, 11) is 0.500. The van der Waals surface area contributed by atoms with Crippen LogP contribution in [-0.4, -0.2) is 71.4 Å². The third-order valence-corrected chi connectivity index (χ3v) is 9.67. The number of carbonyl (C=O) groups excluding carboxylic acids is 1. The fraction of sp³-hybridized carbons (Fsp3) is 0.543. The highest BCUT2D eigenvalue weighted by molar-refractivity contribution is 6.16. The Bertz CT molecular complexity index is 1590. The number of nitrogens with zero attached hydrogens (tertiary/aromatic N) is 6. The van der Waals surface area contributed by atoms with E-state index >= 15 is 0 Å². The predicted octanol–water partition coefficient (Wildman–Crippen LogP) is 6.70. The summed E-state index contributed by atoms with van der Waals surface area (Å²) in [6.07, 6.45) is 9.50. The molecule has 0 bridgehead atoms. The first-order chi connectivity index (χ1) is 22.4. The molecule has 0 radical (unpaired) electrons. The third kappa shape index (κ3) is 6.32. The maximum Gasteiger partial charge on any atom is 0.318 e. The molecule has 4 aliphatic rings. The van der Waals surface area contributed by atoms with Gasteiger partial charge in [0.1, 0.15) is 29.6 Å². The highest BCUT2D eigenvalue weighted by atomic mass is 19.1. The van der Waals surface area contributed by atoms with Crippen LogP contribution < -0.4 is 14.5 Å². The van der Waals surface area contributed by atoms with E-state index in [4.69, 9.17) is 20.0 Å². The van der Waals surface area contributed by atoms with Crippen LogP contribution in [0.1, 0.15) is 86.8 Å². The Hall–Kier alpha value is -4.04. The van der Waals surface area contributed by atoms with Gasteiger partial charge >= 0.3 is 6.01 Å². The lowest BCUT2D eigenvalue weighted by Gasteiger charge is -2.31. The second-order valence-electron chi connectivity index (χ2n) is 12.3. The van der Waals surface area contributed by atoms with Gasteiger partial charge in [0.25, 0.3) is 5.91 Å². The first-order valence-corrected chi connectivity index (χ1v) is 16.4. The lowest BCUT2D eigenvalue weighted by Crippen LogP contribution is -2.43. The van der Waals surface area contributed by atoms with Crippen molar-refractivity contribution in [2.45, 2.75) is 83.7 Å². The Morgan fingerprint density at radius 3 is 2.35 bits per heavy atom. The van der Waals surface area contributed by atoms with Crippen molar-refractivity contribution in [1.82, 2.24) is 14.9 Å². The SMILES string of the molecule is CC#N.CCc1c(F)ccc2cc(O)cc(N3Cc4nc(OCC56CCCN5CCC6)nc(N5CCCCCC5)c4C3=O)c12.CF. The molecule has 1 N–H and O–H groups in total. The molecule has 0 atom stereocenters. The maximum absolute atomic E-state index is 14.9. The standard InChI is InChI=1S/C32H38FN5O3.C2H3N.CH3F/c1-2-23-24(33)10-9-21-17-22(39)18-26(27(21)23)38-19-25-28(30(38)40)29(36-13-5-3-4-6-14-36)35-31(34-25)41-20-32-11-7-15-37(32)16-8-12-32;1-2-3;1-2/h9-10,17-18,39H,2-8,11-16,19-20H2,1H3;1H3;1H3. The maximum atomic E-state index is 14.9. The fourth-order valence-electron chi connectivity index (χ4n) is 7.63. The number of halogens is 2. The second-order valence-corrected chi connectivity index (χ2v) is 12.3. The van der Waals surface area contributed by atoms with Gasteiger partial charge in [-0.15, -0.1) is 0 Å². The van der Waals surface area contributed by atoms with Gasteiger partial charge in [0.05, 0.1) is 36.7 Å². The number of alkyl halides is 1. The van der Waals surface area contributed by atoms with Crippen molar-refractivity contribution in [3.05, 3.63) is 46.9 Å². The summed E-state index contributed by atoms with van der Waals surface area (Å²) in [5.41, 5.74) is 2.20. The zero-order chi connectivity index (χ0) is 32.8. The number of benzene rings is 2. The number of phenols is 1. The van der Waals surface area contributed by atoms with Crippen LogP contribution in [0, 0.1) is 17.1 Å². The Morgan fingerprint density at radius 1 is 1.02 bits per heavy atom. The number of aromatic nitrogens is 2. The molecule has 1 aromatic heterocycles. The molecule has 0 spiro atoms. The molecule has 0 aliphatic carbocycles. The number of phenolic OH excluding ortho intramolecular Hbond substituents is 1. The molecule has 7 rings (SSSR count). The minimum atomic E-state index is -0.316. The summed E-state index contributed by atoms with van der Waals surface area (Å²) >= 11 is 0. The molecule has 4 aliphatic heterocycles. The summed E-state index contributed by atoms with van der Waals surface area (Å²) < 4.78 is 30.8. The summed E-state index contributed by atoms with van der Waals surface area (Å²) in [5, 5.41) is 19.3. The highest BCUT2D eigenvalue weighted by Gasteiger charge is 2.45. The number of ether oxygens (including phenoxy) is 1. The van der Waals surface area contributed by atoms with Gasteiger partial charge in [-0.3, -0.25) is 14.1 Å². The zero-order valence-corrected chi connectivity index (χ0v) is 27.1. The minimum absolute atomic E-state index is 0.0321. The van der Waals surface area contributed by atoms with E-state index in [0.717, 1.165) is 64.7 Å². The number of carbonyl (C=O) groups is 1. The van der Waals surface area contributed by atoms with Crippen molar-refractivity contribution in [2.75, 3.05) is 49.8 Å². The molecule has 46 heavy (non-hydrogen) atoms. The molecular formula is C35H44F2N6O3. The molecule has 1 amide bonds. The van der Waals surface area contributed by atoms with Gasteiger partial charge in [0, 0.05) is 31.5 Å². The van der Waals surface area contributed by atoms with Crippen LogP contribution in [0.4, 0.5) is 20.3 Å². The predicted molar refractivity (Wildman–Crippen MR) is 175 cm³/mol. The van der Waals surface area contributed by atoms with Crippen molar-refractivity contribution in [2.24, 2.45) is 0 Å². The number of aromatic hydroxyl groups is 1. The molecule has 3 saturated heterocycles. The number of nitriles is 1. The second kappa shape index (κ2) is 14.6. The van der Waals surface area contributed by atoms with Crippen molar-refractivity contribution in [3.8, 4) is 17.8 Å². The Labute approximate surface area is 269 Å². The molecule has 9 nitrogen and oxygen atoms in total. The van der Waals surface area contributed by atoms with E-state index in [2.05, 4.69) is 9.80 Å². The summed E-state index contributed by atoms with van der Waals surface area (Å²) in [6.45, 7) is 7.99. The number of anilines is 2. The number of rotatable bonds is 6. The number of fused-ring (bicyclic) bond motifs is 3. The smallest absolute Gasteiger partial charge is 0.318 e.